The van der Waals surface area contributed by atoms with Crippen LogP contribution in [0.15, 0.2) is 60.9 Å². The minimum atomic E-state index is -0.965. The molecule has 6 rings (SSSR count). The number of nitrogens with zero attached hydrogens (tertiary/aromatic N) is 6. The SMILES string of the molecule is Cn1cc([C@@H]2C[C@H]2c2c(C(=O)O)cnn2-c2cccc(CN3Cc4ccccc4OC(C)(C)C3)c2)nn1. The lowest BCUT2D eigenvalue weighted by molar-refractivity contribution is 0.0680. The fourth-order valence-electron chi connectivity index (χ4n) is 5.50. The number of fused-ring (bicyclic) bond motifs is 1. The van der Waals surface area contributed by atoms with Crippen molar-refractivity contribution in [3.05, 3.63) is 89.0 Å². The third-order valence-electron chi connectivity index (χ3n) is 7.10. The summed E-state index contributed by atoms with van der Waals surface area (Å²) in [5.41, 5.74) is 4.69. The van der Waals surface area contributed by atoms with Crippen molar-refractivity contribution in [1.29, 1.82) is 0 Å². The molecule has 3 heterocycles. The number of carboxylic acids is 1. The number of aryl methyl sites for hydroxylation is 1. The molecule has 37 heavy (non-hydrogen) atoms. The molecule has 0 saturated heterocycles. The van der Waals surface area contributed by atoms with Crippen LogP contribution in [0.4, 0.5) is 0 Å². The van der Waals surface area contributed by atoms with E-state index in [1.807, 2.05) is 43.6 Å². The number of ether oxygens (including phenoxy) is 1. The molecule has 9 nitrogen and oxygen atoms in total. The van der Waals surface area contributed by atoms with E-state index in [1.165, 1.54) is 11.8 Å². The maximum atomic E-state index is 12.1. The molecule has 190 valence electrons. The Morgan fingerprint density at radius 1 is 1.16 bits per heavy atom. The lowest BCUT2D eigenvalue weighted by Crippen LogP contribution is -2.40. The van der Waals surface area contributed by atoms with Crippen molar-refractivity contribution >= 4 is 5.97 Å². The van der Waals surface area contributed by atoms with Gasteiger partial charge in [0.05, 0.1) is 23.3 Å². The third kappa shape index (κ3) is 4.62. The predicted octanol–water partition coefficient (Wildman–Crippen LogP) is 4.14. The number of hydrogen-bond acceptors (Lipinski definition) is 6. The molecule has 4 aromatic rings. The van der Waals surface area contributed by atoms with E-state index < -0.39 is 5.97 Å². The third-order valence-corrected chi connectivity index (χ3v) is 7.10. The fourth-order valence-corrected chi connectivity index (χ4v) is 5.50. The van der Waals surface area contributed by atoms with Gasteiger partial charge >= 0.3 is 5.97 Å². The molecule has 9 heteroatoms. The Kier molecular flexibility index (Phi) is 5.60. The van der Waals surface area contributed by atoms with Gasteiger partial charge in [0.2, 0.25) is 0 Å². The molecule has 1 aliphatic carbocycles. The highest BCUT2D eigenvalue weighted by Gasteiger charge is 2.46. The number of aromatic carboxylic acids is 1. The van der Waals surface area contributed by atoms with Gasteiger partial charge < -0.3 is 9.84 Å². The van der Waals surface area contributed by atoms with Crippen LogP contribution >= 0.6 is 0 Å². The predicted molar refractivity (Wildman–Crippen MR) is 137 cm³/mol. The van der Waals surface area contributed by atoms with Crippen molar-refractivity contribution in [1.82, 2.24) is 29.7 Å². The van der Waals surface area contributed by atoms with Gasteiger partial charge in [-0.2, -0.15) is 5.10 Å². The monoisotopic (exact) mass is 498 g/mol. The summed E-state index contributed by atoms with van der Waals surface area (Å²) >= 11 is 0. The summed E-state index contributed by atoms with van der Waals surface area (Å²) in [6.07, 6.45) is 4.19. The zero-order valence-electron chi connectivity index (χ0n) is 21.2. The molecule has 1 fully saturated rings. The van der Waals surface area contributed by atoms with Crippen LogP contribution in [0.1, 0.15) is 65.0 Å². The van der Waals surface area contributed by atoms with E-state index in [2.05, 4.69) is 52.4 Å². The molecule has 1 saturated carbocycles. The molecule has 0 spiro atoms. The summed E-state index contributed by atoms with van der Waals surface area (Å²) in [7, 11) is 1.84. The van der Waals surface area contributed by atoms with Gasteiger partial charge in [0.1, 0.15) is 16.9 Å². The average molecular weight is 499 g/mol. The average Bonchev–Trinajstić information content (AvgIpc) is 3.33. The van der Waals surface area contributed by atoms with Crippen LogP contribution in [-0.2, 0) is 20.1 Å². The van der Waals surface area contributed by atoms with Gasteiger partial charge in [-0.3, -0.25) is 9.58 Å². The Bertz CT molecular complexity index is 1470. The molecule has 0 bridgehead atoms. The van der Waals surface area contributed by atoms with Crippen molar-refractivity contribution in [2.75, 3.05) is 6.54 Å². The van der Waals surface area contributed by atoms with Gasteiger partial charge in [-0.15, -0.1) is 5.10 Å². The zero-order chi connectivity index (χ0) is 25.7. The zero-order valence-corrected chi connectivity index (χ0v) is 21.2. The van der Waals surface area contributed by atoms with E-state index in [0.29, 0.717) is 0 Å². The Hall–Kier alpha value is -3.98. The highest BCUT2D eigenvalue weighted by molar-refractivity contribution is 5.89. The molecule has 2 aliphatic rings. The van der Waals surface area contributed by atoms with Crippen LogP contribution in [0.25, 0.3) is 5.69 Å². The van der Waals surface area contributed by atoms with E-state index in [4.69, 9.17) is 4.74 Å². The van der Waals surface area contributed by atoms with Crippen molar-refractivity contribution in [3.8, 4) is 11.4 Å². The standard InChI is InChI=1S/C28H30N6O3/c1-28(2)17-33(15-19-8-4-5-10-25(19)37-28)14-18-7-6-9-20(11-18)34-26(23(13-29-34)27(35)36)22-12-21(22)24-16-32(3)31-30-24/h4-11,13,16,21-22H,12,14-15,17H2,1-3H3,(H,35,36)/t21-,22-/m1/s1. The molecular weight excluding hydrogens is 468 g/mol. The van der Waals surface area contributed by atoms with Crippen LogP contribution in [0, 0.1) is 0 Å². The van der Waals surface area contributed by atoms with Gasteiger partial charge in [-0.25, -0.2) is 9.48 Å². The minimum Gasteiger partial charge on any atom is -0.486 e. The fraction of sp³-hybridized carbons (Fsp3) is 0.357. The molecule has 1 N–H and O–H groups in total. The molecule has 0 unspecified atom stereocenters. The number of aromatic nitrogens is 5. The van der Waals surface area contributed by atoms with Crippen LogP contribution in [0.3, 0.4) is 0 Å². The quantitative estimate of drug-likeness (QED) is 0.427. The van der Waals surface area contributed by atoms with E-state index in [0.717, 1.165) is 54.4 Å². The first-order valence-electron chi connectivity index (χ1n) is 12.5. The number of rotatable bonds is 6. The van der Waals surface area contributed by atoms with Gasteiger partial charge in [0.15, 0.2) is 0 Å². The molecule has 0 radical (unpaired) electrons. The summed E-state index contributed by atoms with van der Waals surface area (Å²) in [4.78, 5) is 14.5. The topological polar surface area (TPSA) is 98.3 Å². The first-order chi connectivity index (χ1) is 17.8. The summed E-state index contributed by atoms with van der Waals surface area (Å²) in [6.45, 7) is 6.55. The van der Waals surface area contributed by atoms with Gasteiger partial charge in [0.25, 0.3) is 0 Å². The normalized spacial score (nSPS) is 20.6. The van der Waals surface area contributed by atoms with Crippen molar-refractivity contribution in [3.63, 3.8) is 0 Å². The smallest absolute Gasteiger partial charge is 0.339 e. The van der Waals surface area contributed by atoms with E-state index in [9.17, 15) is 9.90 Å². The first kappa shape index (κ1) is 23.4. The van der Waals surface area contributed by atoms with E-state index in [-0.39, 0.29) is 23.0 Å². The second kappa shape index (κ2) is 8.85. The van der Waals surface area contributed by atoms with Crippen LogP contribution < -0.4 is 4.74 Å². The Morgan fingerprint density at radius 2 is 2.00 bits per heavy atom. The second-order valence-electron chi connectivity index (χ2n) is 10.7. The first-order valence-corrected chi connectivity index (χ1v) is 12.5. The Balaban J connectivity index is 1.29. The minimum absolute atomic E-state index is 0.0361. The molecule has 2 aromatic heterocycles. The number of hydrogen-bond donors (Lipinski definition) is 1. The lowest BCUT2D eigenvalue weighted by atomic mass is 10.1. The molecule has 2 aromatic carbocycles. The summed E-state index contributed by atoms with van der Waals surface area (Å²) in [5.74, 6) is 0.153. The maximum absolute atomic E-state index is 12.1. The molecule has 0 amide bonds. The summed E-state index contributed by atoms with van der Waals surface area (Å²) < 4.78 is 9.77. The second-order valence-corrected chi connectivity index (χ2v) is 10.7. The van der Waals surface area contributed by atoms with Crippen LogP contribution in [0.5, 0.6) is 5.75 Å². The van der Waals surface area contributed by atoms with Crippen molar-refractivity contribution in [2.24, 2.45) is 7.05 Å². The van der Waals surface area contributed by atoms with E-state index >= 15 is 0 Å². The Morgan fingerprint density at radius 3 is 2.78 bits per heavy atom. The number of benzene rings is 2. The maximum Gasteiger partial charge on any atom is 0.339 e. The number of carboxylic acid groups (broad SMARTS) is 1. The highest BCUT2D eigenvalue weighted by Crippen LogP contribution is 2.55. The largest absolute Gasteiger partial charge is 0.486 e. The summed E-state index contributed by atoms with van der Waals surface area (Å²) in [5, 5.41) is 22.7. The molecule has 2 atom stereocenters. The molecular formula is C28H30N6O3. The number of carbonyl (C=O) groups is 1. The lowest BCUT2D eigenvalue weighted by Gasteiger charge is -2.29. The Labute approximate surface area is 215 Å². The van der Waals surface area contributed by atoms with E-state index in [1.54, 1.807) is 9.36 Å². The van der Waals surface area contributed by atoms with Gasteiger partial charge in [0, 0.05) is 50.3 Å². The number of para-hydroxylation sites is 1. The highest BCUT2D eigenvalue weighted by atomic mass is 16.5. The van der Waals surface area contributed by atoms with Crippen LogP contribution in [0.2, 0.25) is 0 Å². The van der Waals surface area contributed by atoms with Gasteiger partial charge in [-0.05, 0) is 44.0 Å². The summed E-state index contributed by atoms with van der Waals surface area (Å²) in [6, 6.07) is 16.4. The molecule has 1 aliphatic heterocycles. The van der Waals surface area contributed by atoms with Gasteiger partial charge in [-0.1, -0.05) is 35.5 Å². The van der Waals surface area contributed by atoms with Crippen molar-refractivity contribution < 1.29 is 14.6 Å². The van der Waals surface area contributed by atoms with Crippen LogP contribution in [-0.4, -0.2) is 52.9 Å². The van der Waals surface area contributed by atoms with Crippen molar-refractivity contribution in [2.45, 2.75) is 50.8 Å².